The van der Waals surface area contributed by atoms with Crippen LogP contribution in [0.5, 0.6) is 0 Å². The largest absolute Gasteiger partial charge is 0.395 e. The lowest BCUT2D eigenvalue weighted by molar-refractivity contribution is 0.112. The van der Waals surface area contributed by atoms with Crippen molar-refractivity contribution in [3.63, 3.8) is 0 Å². The van der Waals surface area contributed by atoms with Crippen molar-refractivity contribution in [2.24, 2.45) is 0 Å². The Hall–Kier alpha value is -2.27. The molecular weight excluding hydrogens is 242 g/mol. The van der Waals surface area contributed by atoms with Crippen LogP contribution in [0.4, 0.5) is 5.95 Å². The molecule has 1 aromatic carbocycles. The summed E-state index contributed by atoms with van der Waals surface area (Å²) < 4.78 is 0. The molecule has 0 spiro atoms. The van der Waals surface area contributed by atoms with Gasteiger partial charge in [-0.25, -0.2) is 9.97 Å². The molecule has 0 radical (unpaired) electrons. The number of hydrogen-bond donors (Lipinski definition) is 1. The molecule has 1 N–H and O–H groups in total. The summed E-state index contributed by atoms with van der Waals surface area (Å²) in [6, 6.07) is 9.88. The molecule has 19 heavy (non-hydrogen) atoms. The first-order valence-electron chi connectivity index (χ1n) is 6.00. The van der Waals surface area contributed by atoms with Gasteiger partial charge in [-0.1, -0.05) is 30.3 Å². The van der Waals surface area contributed by atoms with E-state index in [2.05, 4.69) is 9.97 Å². The van der Waals surface area contributed by atoms with E-state index in [1.165, 1.54) is 12.4 Å². The molecule has 0 unspecified atom stereocenters. The molecule has 5 heteroatoms. The van der Waals surface area contributed by atoms with Gasteiger partial charge in [-0.2, -0.15) is 0 Å². The molecule has 0 amide bonds. The molecular formula is C14H15N3O2. The van der Waals surface area contributed by atoms with Crippen molar-refractivity contribution in [2.75, 3.05) is 18.1 Å². The maximum atomic E-state index is 10.6. The van der Waals surface area contributed by atoms with Gasteiger partial charge in [0.2, 0.25) is 5.95 Å². The molecule has 98 valence electrons. The maximum absolute atomic E-state index is 10.6. The highest BCUT2D eigenvalue weighted by Gasteiger charge is 2.09. The average Bonchev–Trinajstić information content (AvgIpc) is 2.48. The van der Waals surface area contributed by atoms with E-state index < -0.39 is 0 Å². The number of aliphatic hydroxyl groups is 1. The third-order valence-electron chi connectivity index (χ3n) is 2.66. The molecule has 1 aromatic heterocycles. The van der Waals surface area contributed by atoms with E-state index in [4.69, 9.17) is 5.11 Å². The SMILES string of the molecule is O=Cc1cnc(N(CCO)Cc2ccccc2)nc1. The van der Waals surface area contributed by atoms with Gasteiger partial charge in [0, 0.05) is 25.5 Å². The first kappa shape index (κ1) is 13.2. The summed E-state index contributed by atoms with van der Waals surface area (Å²) in [5.41, 5.74) is 1.55. The van der Waals surface area contributed by atoms with Gasteiger partial charge in [0.05, 0.1) is 12.2 Å². The van der Waals surface area contributed by atoms with Gasteiger partial charge in [-0.15, -0.1) is 0 Å². The zero-order valence-corrected chi connectivity index (χ0v) is 10.4. The van der Waals surface area contributed by atoms with Gasteiger partial charge in [-0.3, -0.25) is 4.79 Å². The van der Waals surface area contributed by atoms with E-state index in [0.717, 1.165) is 5.56 Å². The van der Waals surface area contributed by atoms with E-state index in [9.17, 15) is 4.79 Å². The van der Waals surface area contributed by atoms with E-state index in [1.807, 2.05) is 35.2 Å². The van der Waals surface area contributed by atoms with Gasteiger partial charge in [0.1, 0.15) is 0 Å². The Kier molecular flexibility index (Phi) is 4.58. The van der Waals surface area contributed by atoms with Gasteiger partial charge < -0.3 is 10.0 Å². The number of nitrogens with zero attached hydrogens (tertiary/aromatic N) is 3. The van der Waals surface area contributed by atoms with E-state index in [0.29, 0.717) is 30.9 Å². The first-order valence-corrected chi connectivity index (χ1v) is 6.00. The zero-order chi connectivity index (χ0) is 13.5. The highest BCUT2D eigenvalue weighted by atomic mass is 16.3. The minimum absolute atomic E-state index is 0.0195. The molecule has 0 saturated carbocycles. The highest BCUT2D eigenvalue weighted by molar-refractivity contribution is 5.73. The van der Waals surface area contributed by atoms with Crippen LogP contribution in [0.15, 0.2) is 42.7 Å². The molecule has 0 aliphatic heterocycles. The second kappa shape index (κ2) is 6.61. The molecule has 0 atom stereocenters. The molecule has 0 saturated heterocycles. The first-order chi connectivity index (χ1) is 9.33. The fourth-order valence-corrected chi connectivity index (χ4v) is 1.73. The minimum atomic E-state index is 0.0195. The third kappa shape index (κ3) is 3.59. The molecule has 0 bridgehead atoms. The molecule has 0 aliphatic rings. The topological polar surface area (TPSA) is 66.3 Å². The molecule has 2 rings (SSSR count). The number of carbonyl (C=O) groups excluding carboxylic acids is 1. The van der Waals surface area contributed by atoms with Crippen molar-refractivity contribution < 1.29 is 9.90 Å². The van der Waals surface area contributed by atoms with Gasteiger partial charge in [-0.05, 0) is 5.56 Å². The monoisotopic (exact) mass is 257 g/mol. The van der Waals surface area contributed by atoms with Crippen LogP contribution in [-0.4, -0.2) is 34.5 Å². The van der Waals surface area contributed by atoms with Crippen LogP contribution in [-0.2, 0) is 6.54 Å². The average molecular weight is 257 g/mol. The number of carbonyl (C=O) groups is 1. The van der Waals surface area contributed by atoms with Crippen LogP contribution in [0.3, 0.4) is 0 Å². The van der Waals surface area contributed by atoms with Gasteiger partial charge >= 0.3 is 0 Å². The number of rotatable bonds is 6. The van der Waals surface area contributed by atoms with Crippen molar-refractivity contribution in [3.8, 4) is 0 Å². The Morgan fingerprint density at radius 1 is 1.16 bits per heavy atom. The van der Waals surface area contributed by atoms with Crippen molar-refractivity contribution in [3.05, 3.63) is 53.9 Å². The lowest BCUT2D eigenvalue weighted by Crippen LogP contribution is -2.27. The lowest BCUT2D eigenvalue weighted by Gasteiger charge is -2.21. The number of hydrogen-bond acceptors (Lipinski definition) is 5. The fraction of sp³-hybridized carbons (Fsp3) is 0.214. The van der Waals surface area contributed by atoms with Crippen molar-refractivity contribution in [1.82, 2.24) is 9.97 Å². The normalized spacial score (nSPS) is 10.2. The Morgan fingerprint density at radius 3 is 2.42 bits per heavy atom. The van der Waals surface area contributed by atoms with Crippen molar-refractivity contribution in [2.45, 2.75) is 6.54 Å². The second-order valence-electron chi connectivity index (χ2n) is 4.07. The lowest BCUT2D eigenvalue weighted by atomic mass is 10.2. The molecule has 0 fully saturated rings. The number of aldehydes is 1. The predicted octanol–water partition coefficient (Wildman–Crippen LogP) is 1.29. The number of aliphatic hydroxyl groups excluding tert-OH is 1. The Morgan fingerprint density at radius 2 is 1.84 bits per heavy atom. The summed E-state index contributed by atoms with van der Waals surface area (Å²) in [6.45, 7) is 1.07. The van der Waals surface area contributed by atoms with Crippen molar-refractivity contribution in [1.29, 1.82) is 0 Å². The highest BCUT2D eigenvalue weighted by Crippen LogP contribution is 2.11. The second-order valence-corrected chi connectivity index (χ2v) is 4.07. The summed E-state index contributed by atoms with van der Waals surface area (Å²) in [6.07, 6.45) is 3.66. The summed E-state index contributed by atoms with van der Waals surface area (Å²) in [4.78, 5) is 20.7. The standard InChI is InChI=1S/C14H15N3O2/c18-7-6-17(10-12-4-2-1-3-5-12)14-15-8-13(11-19)9-16-14/h1-5,8-9,11,18H,6-7,10H2. The quantitative estimate of drug-likeness (QED) is 0.790. The van der Waals surface area contributed by atoms with Gasteiger partial charge in [0.25, 0.3) is 0 Å². The smallest absolute Gasteiger partial charge is 0.225 e. The van der Waals surface area contributed by atoms with E-state index >= 15 is 0 Å². The van der Waals surface area contributed by atoms with Crippen LogP contribution >= 0.6 is 0 Å². The van der Waals surface area contributed by atoms with Crippen LogP contribution in [0, 0.1) is 0 Å². The molecule has 5 nitrogen and oxygen atoms in total. The summed E-state index contributed by atoms with van der Waals surface area (Å²) >= 11 is 0. The summed E-state index contributed by atoms with van der Waals surface area (Å²) in [7, 11) is 0. The maximum Gasteiger partial charge on any atom is 0.225 e. The van der Waals surface area contributed by atoms with Crippen LogP contribution in [0.1, 0.15) is 15.9 Å². The molecule has 2 aromatic rings. The fourth-order valence-electron chi connectivity index (χ4n) is 1.73. The van der Waals surface area contributed by atoms with Crippen LogP contribution in [0.2, 0.25) is 0 Å². The third-order valence-corrected chi connectivity index (χ3v) is 2.66. The minimum Gasteiger partial charge on any atom is -0.395 e. The van der Waals surface area contributed by atoms with E-state index in [-0.39, 0.29) is 6.61 Å². The molecule has 0 aliphatic carbocycles. The summed E-state index contributed by atoms with van der Waals surface area (Å²) in [5, 5.41) is 9.12. The Bertz CT molecular complexity index is 514. The summed E-state index contributed by atoms with van der Waals surface area (Å²) in [5.74, 6) is 0.503. The number of aromatic nitrogens is 2. The van der Waals surface area contributed by atoms with Crippen LogP contribution < -0.4 is 4.90 Å². The zero-order valence-electron chi connectivity index (χ0n) is 10.4. The predicted molar refractivity (Wildman–Crippen MR) is 72.0 cm³/mol. The van der Waals surface area contributed by atoms with Gasteiger partial charge in [0.15, 0.2) is 6.29 Å². The van der Waals surface area contributed by atoms with E-state index in [1.54, 1.807) is 0 Å². The Labute approximate surface area is 111 Å². The van der Waals surface area contributed by atoms with Crippen molar-refractivity contribution >= 4 is 12.2 Å². The molecule has 1 heterocycles. The number of anilines is 1. The van der Waals surface area contributed by atoms with Crippen LogP contribution in [0.25, 0.3) is 0 Å². The Balaban J connectivity index is 2.16. The number of benzene rings is 1.